The van der Waals surface area contributed by atoms with Crippen LogP contribution in [-0.2, 0) is 0 Å². The molecule has 0 aliphatic carbocycles. The molecule has 0 radical (unpaired) electrons. The largest absolute Gasteiger partial charge is 1.00 e. The number of allylic oxidation sites excluding steroid dienone is 2. The molecular weight excluding hydrogens is 310 g/mol. The van der Waals surface area contributed by atoms with Gasteiger partial charge in [0.15, 0.2) is 0 Å². The summed E-state index contributed by atoms with van der Waals surface area (Å²) in [6.07, 6.45) is 9.10. The van der Waals surface area contributed by atoms with E-state index in [1.54, 1.807) is 0 Å². The van der Waals surface area contributed by atoms with Crippen LogP contribution < -0.4 is 17.0 Å². The molecule has 1 atom stereocenters. The molecule has 1 nitrogen and oxygen atoms in total. The van der Waals surface area contributed by atoms with Crippen molar-refractivity contribution in [2.45, 2.75) is 73.6 Å². The third-order valence-corrected chi connectivity index (χ3v) is 4.64. The zero-order chi connectivity index (χ0) is 14.7. The first-order valence-electron chi connectivity index (χ1n) is 8.48. The van der Waals surface area contributed by atoms with Gasteiger partial charge in [-0.3, -0.25) is 0 Å². The summed E-state index contributed by atoms with van der Waals surface area (Å²) in [6.45, 7) is 19.2. The van der Waals surface area contributed by atoms with E-state index in [2.05, 4.69) is 47.6 Å². The summed E-state index contributed by atoms with van der Waals surface area (Å²) in [4.78, 5) is 0. The lowest BCUT2D eigenvalue weighted by molar-refractivity contribution is -0.925. The zero-order valence-corrected chi connectivity index (χ0v) is 16.4. The van der Waals surface area contributed by atoms with Gasteiger partial charge in [0.1, 0.15) is 0 Å². The van der Waals surface area contributed by atoms with E-state index in [-0.39, 0.29) is 17.0 Å². The van der Waals surface area contributed by atoms with Crippen LogP contribution in [0.3, 0.4) is 0 Å². The van der Waals surface area contributed by atoms with E-state index in [1.165, 1.54) is 68.3 Å². The van der Waals surface area contributed by atoms with Crippen LogP contribution in [0.25, 0.3) is 0 Å². The van der Waals surface area contributed by atoms with Gasteiger partial charge in [-0.1, -0.05) is 31.9 Å². The van der Waals surface area contributed by atoms with Gasteiger partial charge in [-0.05, 0) is 59.3 Å². The Balaban J connectivity index is 0. The summed E-state index contributed by atoms with van der Waals surface area (Å²) in [6, 6.07) is 0. The lowest BCUT2D eigenvalue weighted by atomic mass is 10.00. The molecule has 0 N–H and O–H groups in total. The van der Waals surface area contributed by atoms with Gasteiger partial charge in [-0.15, -0.1) is 0 Å². The molecule has 0 unspecified atom stereocenters. The topological polar surface area (TPSA) is 0 Å². The van der Waals surface area contributed by atoms with Crippen molar-refractivity contribution in [2.75, 3.05) is 26.2 Å². The Kier molecular flexibility index (Phi) is 14.5. The van der Waals surface area contributed by atoms with Gasteiger partial charge in [0.2, 0.25) is 0 Å². The van der Waals surface area contributed by atoms with Crippen LogP contribution in [0.1, 0.15) is 73.6 Å². The Morgan fingerprint density at radius 3 is 2.05 bits per heavy atom. The van der Waals surface area contributed by atoms with Crippen molar-refractivity contribution in [2.24, 2.45) is 5.92 Å². The highest BCUT2D eigenvalue weighted by molar-refractivity contribution is 4.92. The number of halogens is 1. The van der Waals surface area contributed by atoms with E-state index in [9.17, 15) is 0 Å². The number of quaternary nitrogens is 1. The Labute approximate surface area is 139 Å². The third kappa shape index (κ3) is 9.99. The molecule has 0 fully saturated rings. The van der Waals surface area contributed by atoms with Crippen molar-refractivity contribution in [3.63, 3.8) is 0 Å². The lowest BCUT2D eigenvalue weighted by Gasteiger charge is -2.37. The minimum Gasteiger partial charge on any atom is -1.00 e. The number of hydrogen-bond acceptors (Lipinski definition) is 0. The van der Waals surface area contributed by atoms with Gasteiger partial charge < -0.3 is 21.5 Å². The zero-order valence-electron chi connectivity index (χ0n) is 14.8. The summed E-state index contributed by atoms with van der Waals surface area (Å²) in [5.41, 5.74) is 1.46. The first-order valence-corrected chi connectivity index (χ1v) is 8.48. The van der Waals surface area contributed by atoms with E-state index in [0.29, 0.717) is 0 Å². The quantitative estimate of drug-likeness (QED) is 0.397. The maximum atomic E-state index is 2.43. The second kappa shape index (κ2) is 12.9. The van der Waals surface area contributed by atoms with Crippen LogP contribution >= 0.6 is 0 Å². The van der Waals surface area contributed by atoms with Crippen LogP contribution in [0.4, 0.5) is 0 Å². The van der Waals surface area contributed by atoms with Gasteiger partial charge >= 0.3 is 0 Å². The third-order valence-electron chi connectivity index (χ3n) is 4.64. The maximum absolute atomic E-state index is 2.43. The molecule has 20 heavy (non-hydrogen) atoms. The Morgan fingerprint density at radius 1 is 1.00 bits per heavy atom. The Bertz CT molecular complexity index is 240. The number of nitrogens with zero attached hydrogens (tertiary/aromatic N) is 1. The SMILES string of the molecule is CCCC[N+](CC)(CC)CC[C@H](C)CCC=C(C)C.[Br-]. The molecule has 0 aliphatic heterocycles. The fourth-order valence-corrected chi connectivity index (χ4v) is 2.76. The number of hydrogen-bond donors (Lipinski definition) is 0. The summed E-state index contributed by atoms with van der Waals surface area (Å²) in [5, 5.41) is 0. The van der Waals surface area contributed by atoms with Crippen LogP contribution in [-0.4, -0.2) is 30.7 Å². The van der Waals surface area contributed by atoms with Crippen molar-refractivity contribution in [3.8, 4) is 0 Å². The van der Waals surface area contributed by atoms with Gasteiger partial charge in [-0.2, -0.15) is 0 Å². The predicted molar refractivity (Wildman–Crippen MR) is 88.4 cm³/mol. The van der Waals surface area contributed by atoms with Crippen LogP contribution in [0, 0.1) is 5.92 Å². The molecule has 0 saturated carbocycles. The average Bonchev–Trinajstić information content (AvgIpc) is 2.39. The highest BCUT2D eigenvalue weighted by Gasteiger charge is 2.22. The molecule has 0 aromatic carbocycles. The Morgan fingerprint density at radius 2 is 1.60 bits per heavy atom. The van der Waals surface area contributed by atoms with E-state index < -0.39 is 0 Å². The average molecular weight is 348 g/mol. The van der Waals surface area contributed by atoms with Crippen LogP contribution in [0.2, 0.25) is 0 Å². The van der Waals surface area contributed by atoms with Crippen molar-refractivity contribution < 1.29 is 21.5 Å². The first kappa shape index (κ1) is 22.5. The first-order chi connectivity index (χ1) is 8.99. The van der Waals surface area contributed by atoms with E-state index in [1.807, 2.05) is 0 Å². The summed E-state index contributed by atoms with van der Waals surface area (Å²) in [7, 11) is 0. The van der Waals surface area contributed by atoms with Gasteiger partial charge in [0, 0.05) is 0 Å². The monoisotopic (exact) mass is 347 g/mol. The summed E-state index contributed by atoms with van der Waals surface area (Å²) in [5.74, 6) is 0.868. The minimum absolute atomic E-state index is 0. The number of unbranched alkanes of at least 4 members (excludes halogenated alkanes) is 1. The molecule has 0 heterocycles. The van der Waals surface area contributed by atoms with Gasteiger partial charge in [0.05, 0.1) is 26.2 Å². The van der Waals surface area contributed by atoms with Gasteiger partial charge in [-0.25, -0.2) is 0 Å². The molecule has 2 heteroatoms. The second-order valence-electron chi connectivity index (χ2n) is 6.53. The highest BCUT2D eigenvalue weighted by atomic mass is 79.9. The molecule has 0 rings (SSSR count). The standard InChI is InChI=1S/C18H38N.BrH/c1-7-10-15-19(8-2,9-3)16-14-18(6)13-11-12-17(4)5;/h12,18H,7-11,13-16H2,1-6H3;1H/q+1;/p-1/t18-;/m1./s1. The summed E-state index contributed by atoms with van der Waals surface area (Å²) >= 11 is 0. The molecular formula is C18H38BrN. The lowest BCUT2D eigenvalue weighted by Crippen LogP contribution is -3.00. The smallest absolute Gasteiger partial charge is 0.0789 e. The van der Waals surface area contributed by atoms with Crippen LogP contribution in [0.15, 0.2) is 11.6 Å². The molecule has 122 valence electrons. The van der Waals surface area contributed by atoms with Crippen molar-refractivity contribution in [1.29, 1.82) is 0 Å². The molecule has 0 aliphatic rings. The number of rotatable bonds is 11. The van der Waals surface area contributed by atoms with E-state index in [0.717, 1.165) is 5.92 Å². The molecule has 0 saturated heterocycles. The van der Waals surface area contributed by atoms with E-state index >= 15 is 0 Å². The summed E-state index contributed by atoms with van der Waals surface area (Å²) < 4.78 is 1.33. The molecule has 0 aromatic rings. The molecule has 0 amide bonds. The minimum atomic E-state index is 0. The Hall–Kier alpha value is 0.180. The van der Waals surface area contributed by atoms with E-state index in [4.69, 9.17) is 0 Å². The van der Waals surface area contributed by atoms with Gasteiger partial charge in [0.25, 0.3) is 0 Å². The van der Waals surface area contributed by atoms with Crippen molar-refractivity contribution >= 4 is 0 Å². The second-order valence-corrected chi connectivity index (χ2v) is 6.53. The fraction of sp³-hybridized carbons (Fsp3) is 0.889. The fourth-order valence-electron chi connectivity index (χ4n) is 2.76. The molecule has 0 bridgehead atoms. The molecule has 0 aromatic heterocycles. The van der Waals surface area contributed by atoms with Crippen molar-refractivity contribution in [1.82, 2.24) is 0 Å². The molecule has 0 spiro atoms. The normalized spacial score (nSPS) is 12.7. The maximum Gasteiger partial charge on any atom is 0.0789 e. The predicted octanol–water partition coefficient (Wildman–Crippen LogP) is 2.42. The van der Waals surface area contributed by atoms with Crippen LogP contribution in [0.5, 0.6) is 0 Å². The van der Waals surface area contributed by atoms with Crippen molar-refractivity contribution in [3.05, 3.63) is 11.6 Å². The highest BCUT2D eigenvalue weighted by Crippen LogP contribution is 2.17.